The van der Waals surface area contributed by atoms with Crippen LogP contribution in [0.2, 0.25) is 5.02 Å². The second-order valence-electron chi connectivity index (χ2n) is 4.11. The van der Waals surface area contributed by atoms with Gasteiger partial charge in [0.05, 0.1) is 10.2 Å². The number of rotatable bonds is 7. The molecule has 0 spiro atoms. The van der Waals surface area contributed by atoms with E-state index in [9.17, 15) is 0 Å². The van der Waals surface area contributed by atoms with Gasteiger partial charge in [-0.25, -0.2) is 4.98 Å². The number of hydrogen-bond acceptors (Lipinski definition) is 4. The van der Waals surface area contributed by atoms with Crippen molar-refractivity contribution in [2.24, 2.45) is 0 Å². The molecule has 0 amide bonds. The first-order valence-electron chi connectivity index (χ1n) is 6.08. The maximum atomic E-state index is 5.96. The van der Waals surface area contributed by atoms with E-state index in [1.807, 2.05) is 30.0 Å². The molecule has 0 saturated heterocycles. The Bertz CT molecular complexity index is 499. The molecule has 0 aliphatic carbocycles. The Morgan fingerprint density at radius 2 is 2.22 bits per heavy atom. The molecular weight excluding hydrogens is 284 g/mol. The highest BCUT2D eigenvalue weighted by molar-refractivity contribution is 7.98. The SMILES string of the molecule is CSCCCCCNc1nc2ccc(Cl)cc2s1. The summed E-state index contributed by atoms with van der Waals surface area (Å²) in [5.74, 6) is 1.26. The summed E-state index contributed by atoms with van der Waals surface area (Å²) in [6.07, 6.45) is 5.95. The van der Waals surface area contributed by atoms with Gasteiger partial charge in [-0.15, -0.1) is 0 Å². The summed E-state index contributed by atoms with van der Waals surface area (Å²) in [4.78, 5) is 4.53. The fourth-order valence-corrected chi connectivity index (χ4v) is 3.38. The minimum absolute atomic E-state index is 0.773. The Labute approximate surface area is 121 Å². The van der Waals surface area contributed by atoms with E-state index in [4.69, 9.17) is 11.6 Å². The van der Waals surface area contributed by atoms with Gasteiger partial charge in [-0.2, -0.15) is 11.8 Å². The van der Waals surface area contributed by atoms with E-state index in [1.165, 1.54) is 25.0 Å². The predicted molar refractivity (Wildman–Crippen MR) is 85.4 cm³/mol. The number of thioether (sulfide) groups is 1. The maximum absolute atomic E-state index is 5.96. The quantitative estimate of drug-likeness (QED) is 0.737. The van der Waals surface area contributed by atoms with Gasteiger partial charge in [0.15, 0.2) is 5.13 Å². The standard InChI is InChI=1S/C13H17ClN2S2/c1-17-8-4-2-3-7-15-13-16-11-6-5-10(14)9-12(11)18-13/h5-6,9H,2-4,7-8H2,1H3,(H,15,16). The molecule has 1 heterocycles. The van der Waals surface area contributed by atoms with Crippen LogP contribution in [0.25, 0.3) is 10.2 Å². The van der Waals surface area contributed by atoms with Crippen LogP contribution in [0, 0.1) is 0 Å². The molecule has 5 heteroatoms. The largest absolute Gasteiger partial charge is 0.361 e. The molecule has 98 valence electrons. The number of hydrogen-bond donors (Lipinski definition) is 1. The van der Waals surface area contributed by atoms with Crippen LogP contribution in [-0.4, -0.2) is 23.5 Å². The summed E-state index contributed by atoms with van der Waals surface area (Å²) in [5, 5.41) is 5.16. The highest BCUT2D eigenvalue weighted by atomic mass is 35.5. The summed E-state index contributed by atoms with van der Waals surface area (Å²) in [6.45, 7) is 1.00. The van der Waals surface area contributed by atoms with Crippen LogP contribution < -0.4 is 5.32 Å². The smallest absolute Gasteiger partial charge is 0.183 e. The van der Waals surface area contributed by atoms with Crippen molar-refractivity contribution < 1.29 is 0 Å². The van der Waals surface area contributed by atoms with Crippen molar-refractivity contribution >= 4 is 50.0 Å². The molecule has 1 N–H and O–H groups in total. The third kappa shape index (κ3) is 4.04. The maximum Gasteiger partial charge on any atom is 0.183 e. The van der Waals surface area contributed by atoms with Gasteiger partial charge in [0.2, 0.25) is 0 Å². The highest BCUT2D eigenvalue weighted by Gasteiger charge is 2.03. The molecule has 0 aliphatic heterocycles. The normalized spacial score (nSPS) is 11.0. The molecule has 2 aromatic rings. The molecule has 2 rings (SSSR count). The molecule has 0 radical (unpaired) electrons. The second kappa shape index (κ2) is 7.22. The zero-order chi connectivity index (χ0) is 12.8. The Balaban J connectivity index is 1.81. The van der Waals surface area contributed by atoms with Crippen molar-refractivity contribution in [2.45, 2.75) is 19.3 Å². The molecule has 0 unspecified atom stereocenters. The van der Waals surface area contributed by atoms with Crippen molar-refractivity contribution in [3.8, 4) is 0 Å². The topological polar surface area (TPSA) is 24.9 Å². The van der Waals surface area contributed by atoms with Gasteiger partial charge in [0.1, 0.15) is 0 Å². The van der Waals surface area contributed by atoms with E-state index >= 15 is 0 Å². The van der Waals surface area contributed by atoms with Gasteiger partial charge in [-0.1, -0.05) is 29.4 Å². The number of halogens is 1. The lowest BCUT2D eigenvalue weighted by atomic mass is 10.2. The van der Waals surface area contributed by atoms with Crippen molar-refractivity contribution in [2.75, 3.05) is 23.9 Å². The molecule has 0 fully saturated rings. The predicted octanol–water partition coefficient (Wildman–Crippen LogP) is 4.89. The van der Waals surface area contributed by atoms with Crippen molar-refractivity contribution in [3.63, 3.8) is 0 Å². The fraction of sp³-hybridized carbons (Fsp3) is 0.462. The molecule has 0 saturated carbocycles. The summed E-state index contributed by atoms with van der Waals surface area (Å²) < 4.78 is 1.15. The Hall–Kier alpha value is -0.450. The van der Waals surface area contributed by atoms with E-state index in [2.05, 4.69) is 16.6 Å². The summed E-state index contributed by atoms with van der Waals surface area (Å²) in [6, 6.07) is 5.83. The van der Waals surface area contributed by atoms with Gasteiger partial charge < -0.3 is 5.32 Å². The van der Waals surface area contributed by atoms with Crippen molar-refractivity contribution in [1.82, 2.24) is 4.98 Å². The summed E-state index contributed by atoms with van der Waals surface area (Å²) in [7, 11) is 0. The van der Waals surface area contributed by atoms with E-state index in [0.717, 1.165) is 26.9 Å². The fourth-order valence-electron chi connectivity index (χ4n) is 1.72. The van der Waals surface area contributed by atoms with Gasteiger partial charge in [-0.05, 0) is 43.0 Å². The van der Waals surface area contributed by atoms with Crippen LogP contribution in [0.4, 0.5) is 5.13 Å². The third-order valence-electron chi connectivity index (χ3n) is 2.65. The molecule has 2 nitrogen and oxygen atoms in total. The highest BCUT2D eigenvalue weighted by Crippen LogP contribution is 2.28. The van der Waals surface area contributed by atoms with Gasteiger partial charge in [0.25, 0.3) is 0 Å². The average molecular weight is 301 g/mol. The minimum Gasteiger partial charge on any atom is -0.361 e. The third-order valence-corrected chi connectivity index (χ3v) is 4.56. The monoisotopic (exact) mass is 300 g/mol. The van der Waals surface area contributed by atoms with Crippen LogP contribution in [0.5, 0.6) is 0 Å². The summed E-state index contributed by atoms with van der Waals surface area (Å²) in [5.41, 5.74) is 1.02. The number of nitrogens with zero attached hydrogens (tertiary/aromatic N) is 1. The van der Waals surface area contributed by atoms with Gasteiger partial charge in [0, 0.05) is 11.6 Å². The van der Waals surface area contributed by atoms with E-state index in [-0.39, 0.29) is 0 Å². The van der Waals surface area contributed by atoms with Crippen molar-refractivity contribution in [3.05, 3.63) is 23.2 Å². The number of thiazole rings is 1. The number of fused-ring (bicyclic) bond motifs is 1. The number of aromatic nitrogens is 1. The lowest BCUT2D eigenvalue weighted by Gasteiger charge is -2.01. The number of unbranched alkanes of at least 4 members (excludes halogenated alkanes) is 2. The zero-order valence-electron chi connectivity index (χ0n) is 10.4. The number of nitrogens with one attached hydrogen (secondary N) is 1. The van der Waals surface area contributed by atoms with Crippen LogP contribution in [-0.2, 0) is 0 Å². The second-order valence-corrected chi connectivity index (χ2v) is 6.56. The van der Waals surface area contributed by atoms with Crippen LogP contribution in [0.3, 0.4) is 0 Å². The zero-order valence-corrected chi connectivity index (χ0v) is 12.8. The molecule has 1 aromatic carbocycles. The van der Waals surface area contributed by atoms with Crippen LogP contribution in [0.15, 0.2) is 18.2 Å². The molecular formula is C13H17ClN2S2. The van der Waals surface area contributed by atoms with E-state index in [0.29, 0.717) is 0 Å². The lowest BCUT2D eigenvalue weighted by molar-refractivity contribution is 0.749. The molecule has 0 atom stereocenters. The lowest BCUT2D eigenvalue weighted by Crippen LogP contribution is -2.00. The molecule has 18 heavy (non-hydrogen) atoms. The minimum atomic E-state index is 0.773. The number of anilines is 1. The summed E-state index contributed by atoms with van der Waals surface area (Å²) >= 11 is 9.55. The first-order valence-corrected chi connectivity index (χ1v) is 8.67. The Morgan fingerprint density at radius 3 is 3.06 bits per heavy atom. The molecule has 0 aliphatic rings. The van der Waals surface area contributed by atoms with Crippen molar-refractivity contribution in [1.29, 1.82) is 0 Å². The Kier molecular flexibility index (Phi) is 5.60. The first-order chi connectivity index (χ1) is 8.79. The van der Waals surface area contributed by atoms with Gasteiger partial charge in [-0.3, -0.25) is 0 Å². The first kappa shape index (κ1) is 14.0. The van der Waals surface area contributed by atoms with E-state index < -0.39 is 0 Å². The van der Waals surface area contributed by atoms with E-state index in [1.54, 1.807) is 11.3 Å². The van der Waals surface area contributed by atoms with Crippen LogP contribution in [0.1, 0.15) is 19.3 Å². The van der Waals surface area contributed by atoms with Gasteiger partial charge >= 0.3 is 0 Å². The molecule has 1 aromatic heterocycles. The molecule has 0 bridgehead atoms. The average Bonchev–Trinajstić information content (AvgIpc) is 2.75. The Morgan fingerprint density at radius 1 is 1.33 bits per heavy atom. The van der Waals surface area contributed by atoms with Crippen LogP contribution >= 0.6 is 34.7 Å². The number of benzene rings is 1.